The minimum absolute atomic E-state index is 0.571. The van der Waals surface area contributed by atoms with Crippen LogP contribution in [0.3, 0.4) is 0 Å². The van der Waals surface area contributed by atoms with Gasteiger partial charge in [0.2, 0.25) is 0 Å². The quantitative estimate of drug-likeness (QED) is 0.897. The van der Waals surface area contributed by atoms with Gasteiger partial charge in [-0.3, -0.25) is 0 Å². The van der Waals surface area contributed by atoms with Crippen LogP contribution in [-0.4, -0.2) is 15.0 Å². The van der Waals surface area contributed by atoms with Crippen molar-refractivity contribution in [1.29, 1.82) is 0 Å². The molecular formula is C10H10BrN5. The Morgan fingerprint density at radius 2 is 2.25 bits per heavy atom. The van der Waals surface area contributed by atoms with Crippen molar-refractivity contribution in [2.75, 3.05) is 11.1 Å². The standard InChI is InChI=1S/C10H10BrN5/c11-7-3-9(12)10(14-4-7)15-5-8-1-2-13-6-16-8/h1-4,6H,5,12H2,(H,14,15). The van der Waals surface area contributed by atoms with E-state index < -0.39 is 0 Å². The number of halogens is 1. The molecule has 0 saturated heterocycles. The maximum Gasteiger partial charge on any atom is 0.149 e. The van der Waals surface area contributed by atoms with Gasteiger partial charge in [0.1, 0.15) is 12.1 Å². The van der Waals surface area contributed by atoms with Gasteiger partial charge in [0.05, 0.1) is 17.9 Å². The molecule has 3 N–H and O–H groups in total. The second-order valence-electron chi connectivity index (χ2n) is 3.15. The van der Waals surface area contributed by atoms with Crippen LogP contribution in [0.15, 0.2) is 35.3 Å². The average Bonchev–Trinajstić information content (AvgIpc) is 2.29. The molecule has 0 spiro atoms. The van der Waals surface area contributed by atoms with Crippen molar-refractivity contribution < 1.29 is 0 Å². The number of nitrogens with zero attached hydrogens (tertiary/aromatic N) is 3. The monoisotopic (exact) mass is 279 g/mol. The van der Waals surface area contributed by atoms with Crippen molar-refractivity contribution in [1.82, 2.24) is 15.0 Å². The van der Waals surface area contributed by atoms with Crippen LogP contribution in [-0.2, 0) is 6.54 Å². The molecule has 5 nitrogen and oxygen atoms in total. The van der Waals surface area contributed by atoms with Crippen molar-refractivity contribution in [3.63, 3.8) is 0 Å². The molecule has 0 amide bonds. The third kappa shape index (κ3) is 2.66. The lowest BCUT2D eigenvalue weighted by Gasteiger charge is -2.07. The van der Waals surface area contributed by atoms with Gasteiger partial charge < -0.3 is 11.1 Å². The van der Waals surface area contributed by atoms with Gasteiger partial charge in [-0.15, -0.1) is 0 Å². The normalized spacial score (nSPS) is 10.1. The summed E-state index contributed by atoms with van der Waals surface area (Å²) in [4.78, 5) is 12.1. The topological polar surface area (TPSA) is 76.7 Å². The number of hydrogen-bond acceptors (Lipinski definition) is 5. The highest BCUT2D eigenvalue weighted by Gasteiger charge is 2.01. The fourth-order valence-electron chi connectivity index (χ4n) is 1.20. The van der Waals surface area contributed by atoms with E-state index in [9.17, 15) is 0 Å². The van der Waals surface area contributed by atoms with Crippen LogP contribution in [0.5, 0.6) is 0 Å². The predicted octanol–water partition coefficient (Wildman–Crippen LogP) is 1.83. The van der Waals surface area contributed by atoms with Crippen LogP contribution in [0.2, 0.25) is 0 Å². The summed E-state index contributed by atoms with van der Waals surface area (Å²) in [7, 11) is 0. The zero-order chi connectivity index (χ0) is 11.4. The summed E-state index contributed by atoms with van der Waals surface area (Å²) in [5, 5.41) is 3.11. The summed E-state index contributed by atoms with van der Waals surface area (Å²) in [6.45, 7) is 0.571. The van der Waals surface area contributed by atoms with Crippen molar-refractivity contribution in [3.8, 4) is 0 Å². The highest BCUT2D eigenvalue weighted by Crippen LogP contribution is 2.19. The molecule has 0 aliphatic heterocycles. The van der Waals surface area contributed by atoms with E-state index >= 15 is 0 Å². The van der Waals surface area contributed by atoms with E-state index in [0.717, 1.165) is 10.2 Å². The third-order valence-corrected chi connectivity index (χ3v) is 2.40. The number of nitrogens with two attached hydrogens (primary N) is 1. The van der Waals surface area contributed by atoms with Crippen LogP contribution in [0.1, 0.15) is 5.69 Å². The average molecular weight is 280 g/mol. The summed E-state index contributed by atoms with van der Waals surface area (Å²) in [6, 6.07) is 3.64. The highest BCUT2D eigenvalue weighted by molar-refractivity contribution is 9.10. The lowest BCUT2D eigenvalue weighted by molar-refractivity contribution is 0.997. The first-order valence-corrected chi connectivity index (χ1v) is 5.45. The maximum atomic E-state index is 5.80. The van der Waals surface area contributed by atoms with Crippen molar-refractivity contribution in [2.45, 2.75) is 6.54 Å². The molecule has 2 aromatic heterocycles. The number of anilines is 2. The van der Waals surface area contributed by atoms with Crippen LogP contribution >= 0.6 is 15.9 Å². The van der Waals surface area contributed by atoms with Gasteiger partial charge in [-0.1, -0.05) is 0 Å². The number of rotatable bonds is 3. The Balaban J connectivity index is 2.05. The van der Waals surface area contributed by atoms with Gasteiger partial charge >= 0.3 is 0 Å². The number of aromatic nitrogens is 3. The largest absolute Gasteiger partial charge is 0.396 e. The van der Waals surface area contributed by atoms with Gasteiger partial charge in [0.25, 0.3) is 0 Å². The molecule has 0 aromatic carbocycles. The Kier molecular flexibility index (Phi) is 3.31. The SMILES string of the molecule is Nc1cc(Br)cnc1NCc1ccncn1. The number of pyridine rings is 1. The Morgan fingerprint density at radius 3 is 2.94 bits per heavy atom. The van der Waals surface area contributed by atoms with Gasteiger partial charge in [-0.2, -0.15) is 0 Å². The van der Waals surface area contributed by atoms with Gasteiger partial charge in [0, 0.05) is 16.9 Å². The van der Waals surface area contributed by atoms with E-state index in [1.54, 1.807) is 18.5 Å². The molecule has 0 unspecified atom stereocenters. The lowest BCUT2D eigenvalue weighted by atomic mass is 10.3. The predicted molar refractivity (Wildman–Crippen MR) is 65.7 cm³/mol. The van der Waals surface area contributed by atoms with E-state index in [1.165, 1.54) is 6.33 Å². The van der Waals surface area contributed by atoms with Crippen LogP contribution in [0.25, 0.3) is 0 Å². The molecule has 0 bridgehead atoms. The molecule has 2 aromatic rings. The summed E-state index contributed by atoms with van der Waals surface area (Å²) in [5.41, 5.74) is 7.29. The summed E-state index contributed by atoms with van der Waals surface area (Å²) in [5.74, 6) is 0.654. The molecule has 2 rings (SSSR count). The smallest absolute Gasteiger partial charge is 0.149 e. The maximum absolute atomic E-state index is 5.80. The molecule has 0 aliphatic rings. The minimum atomic E-state index is 0.571. The Bertz CT molecular complexity index is 474. The second-order valence-corrected chi connectivity index (χ2v) is 4.06. The number of nitrogen functional groups attached to an aromatic ring is 1. The molecule has 0 saturated carbocycles. The van der Waals surface area contributed by atoms with Crippen molar-refractivity contribution >= 4 is 27.4 Å². The van der Waals surface area contributed by atoms with Gasteiger partial charge in [0.15, 0.2) is 0 Å². The molecule has 0 radical (unpaired) electrons. The number of hydrogen-bond donors (Lipinski definition) is 2. The van der Waals surface area contributed by atoms with E-state index in [-0.39, 0.29) is 0 Å². The Morgan fingerprint density at radius 1 is 1.38 bits per heavy atom. The van der Waals surface area contributed by atoms with Crippen LogP contribution < -0.4 is 11.1 Å². The molecule has 0 aliphatic carbocycles. The van der Waals surface area contributed by atoms with Crippen LogP contribution in [0, 0.1) is 0 Å². The second kappa shape index (κ2) is 4.89. The number of nitrogens with one attached hydrogen (secondary N) is 1. The molecule has 0 atom stereocenters. The van der Waals surface area contributed by atoms with E-state index in [2.05, 4.69) is 36.2 Å². The first-order chi connectivity index (χ1) is 7.75. The molecule has 6 heteroatoms. The van der Waals surface area contributed by atoms with E-state index in [0.29, 0.717) is 18.1 Å². The fraction of sp³-hybridized carbons (Fsp3) is 0.100. The van der Waals surface area contributed by atoms with E-state index in [4.69, 9.17) is 5.73 Å². The molecular weight excluding hydrogens is 270 g/mol. The molecule has 0 fully saturated rings. The zero-order valence-corrected chi connectivity index (χ0v) is 9.98. The minimum Gasteiger partial charge on any atom is -0.396 e. The molecule has 2 heterocycles. The van der Waals surface area contributed by atoms with Gasteiger partial charge in [-0.05, 0) is 28.1 Å². The third-order valence-electron chi connectivity index (χ3n) is 1.96. The molecule has 82 valence electrons. The van der Waals surface area contributed by atoms with Gasteiger partial charge in [-0.25, -0.2) is 15.0 Å². The van der Waals surface area contributed by atoms with Crippen molar-refractivity contribution in [3.05, 3.63) is 41.0 Å². The van der Waals surface area contributed by atoms with E-state index in [1.807, 2.05) is 6.07 Å². The summed E-state index contributed by atoms with van der Waals surface area (Å²) < 4.78 is 0.859. The Labute approximate surface area is 101 Å². The first-order valence-electron chi connectivity index (χ1n) is 4.65. The molecule has 16 heavy (non-hydrogen) atoms. The summed E-state index contributed by atoms with van der Waals surface area (Å²) >= 11 is 3.30. The summed E-state index contributed by atoms with van der Waals surface area (Å²) in [6.07, 6.45) is 4.90. The highest BCUT2D eigenvalue weighted by atomic mass is 79.9. The fourth-order valence-corrected chi connectivity index (χ4v) is 1.55. The first kappa shape index (κ1) is 10.8. The Hall–Kier alpha value is -1.69. The lowest BCUT2D eigenvalue weighted by Crippen LogP contribution is -2.05. The van der Waals surface area contributed by atoms with Crippen LogP contribution in [0.4, 0.5) is 11.5 Å². The zero-order valence-electron chi connectivity index (χ0n) is 8.39. The van der Waals surface area contributed by atoms with Crippen molar-refractivity contribution in [2.24, 2.45) is 0 Å².